The largest absolute Gasteiger partial charge is 0.544 e. The third-order valence-electron chi connectivity index (χ3n) is 11.1. The van der Waals surface area contributed by atoms with E-state index in [1.165, 1.54) is 122 Å². The number of carboxylic acid groups (broad SMARTS) is 1. The molecule has 0 saturated carbocycles. The van der Waals surface area contributed by atoms with Gasteiger partial charge in [-0.15, -0.1) is 0 Å². The van der Waals surface area contributed by atoms with E-state index in [-0.39, 0.29) is 42.7 Å². The molecule has 0 fully saturated rings. The lowest BCUT2D eigenvalue weighted by Gasteiger charge is -2.34. The van der Waals surface area contributed by atoms with Crippen LogP contribution in [0.25, 0.3) is 0 Å². The Morgan fingerprint density at radius 2 is 0.898 bits per heavy atom. The van der Waals surface area contributed by atoms with Gasteiger partial charge in [-0.05, 0) is 38.5 Å². The molecule has 0 N–H and O–H groups in total. The van der Waals surface area contributed by atoms with Gasteiger partial charge in [0.15, 0.2) is 6.10 Å². The Morgan fingerprint density at radius 3 is 1.31 bits per heavy atom. The number of ether oxygens (including phenoxy) is 3. The highest BCUT2D eigenvalue weighted by molar-refractivity contribution is 5.70. The van der Waals surface area contributed by atoms with Gasteiger partial charge in [0.1, 0.15) is 12.6 Å². The number of unbranched alkanes of at least 4 members (excludes halogenated alkanes) is 26. The molecule has 0 aromatic rings. The highest BCUT2D eigenvalue weighted by Crippen LogP contribution is 2.16. The van der Waals surface area contributed by atoms with E-state index in [9.17, 15) is 19.5 Å². The highest BCUT2D eigenvalue weighted by atomic mass is 16.6. The number of esters is 2. The molecular weight excluding hydrogens is 739 g/mol. The van der Waals surface area contributed by atoms with Crippen molar-refractivity contribution in [1.82, 2.24) is 0 Å². The van der Waals surface area contributed by atoms with Crippen LogP contribution in [-0.4, -0.2) is 75.5 Å². The molecule has 0 saturated heterocycles. The van der Waals surface area contributed by atoms with Crippen molar-refractivity contribution >= 4 is 17.9 Å². The second kappa shape index (κ2) is 42.2. The molecule has 2 atom stereocenters. The standard InChI is InChI=1S/C51H93NO7/c1-6-8-10-12-14-16-18-20-22-24-26-28-30-32-34-36-38-40-42-50(54)59-47(45-57-44-43-48(51(55)56)52(3,4)5)46-58-49(53)41-39-37-35-33-31-29-27-25-23-21-19-17-15-13-11-9-7-2/h18,20,22,24,26,28,47-48H,6-17,19,21,23,25,27,29-46H2,1-5H3/b20-18+,24-22+,28-26+. The predicted octanol–water partition coefficient (Wildman–Crippen LogP) is 12.5. The van der Waals surface area contributed by atoms with Gasteiger partial charge in [-0.3, -0.25) is 9.59 Å². The van der Waals surface area contributed by atoms with E-state index in [1.54, 1.807) is 21.1 Å². The smallest absolute Gasteiger partial charge is 0.306 e. The summed E-state index contributed by atoms with van der Waals surface area (Å²) < 4.78 is 17.2. The highest BCUT2D eigenvalue weighted by Gasteiger charge is 2.25. The second-order valence-corrected chi connectivity index (χ2v) is 17.8. The molecule has 8 nitrogen and oxygen atoms in total. The molecule has 0 bridgehead atoms. The van der Waals surface area contributed by atoms with E-state index in [0.717, 1.165) is 64.2 Å². The maximum atomic E-state index is 12.8. The molecular formula is C51H93NO7. The fourth-order valence-electron chi connectivity index (χ4n) is 7.25. The van der Waals surface area contributed by atoms with Gasteiger partial charge in [0.05, 0.1) is 40.3 Å². The van der Waals surface area contributed by atoms with Gasteiger partial charge >= 0.3 is 11.9 Å². The average Bonchev–Trinajstić information content (AvgIpc) is 3.19. The molecule has 344 valence electrons. The van der Waals surface area contributed by atoms with Gasteiger partial charge < -0.3 is 28.6 Å². The van der Waals surface area contributed by atoms with E-state index >= 15 is 0 Å². The van der Waals surface area contributed by atoms with Crippen molar-refractivity contribution in [2.45, 2.75) is 231 Å². The average molecular weight is 832 g/mol. The van der Waals surface area contributed by atoms with Crippen LogP contribution in [0.3, 0.4) is 0 Å². The fraction of sp³-hybridized carbons (Fsp3) is 0.824. The third-order valence-corrected chi connectivity index (χ3v) is 11.1. The van der Waals surface area contributed by atoms with Gasteiger partial charge in [0, 0.05) is 19.3 Å². The normalized spacial score (nSPS) is 13.2. The van der Waals surface area contributed by atoms with Crippen molar-refractivity contribution in [2.24, 2.45) is 0 Å². The van der Waals surface area contributed by atoms with Gasteiger partial charge in [-0.1, -0.05) is 198 Å². The molecule has 0 aromatic heterocycles. The second-order valence-electron chi connectivity index (χ2n) is 17.8. The lowest BCUT2D eigenvalue weighted by Crippen LogP contribution is -2.55. The molecule has 0 radical (unpaired) electrons. The number of carbonyl (C=O) groups is 3. The van der Waals surface area contributed by atoms with E-state index in [1.807, 2.05) is 0 Å². The summed E-state index contributed by atoms with van der Waals surface area (Å²) in [6.45, 7) is 4.65. The summed E-state index contributed by atoms with van der Waals surface area (Å²) in [7, 11) is 5.41. The first kappa shape index (κ1) is 56.5. The van der Waals surface area contributed by atoms with Crippen molar-refractivity contribution in [3.63, 3.8) is 0 Å². The number of rotatable bonds is 44. The summed E-state index contributed by atoms with van der Waals surface area (Å²) in [6, 6.07) is -0.729. The lowest BCUT2D eigenvalue weighted by atomic mass is 10.0. The Labute approximate surface area is 364 Å². The molecule has 0 aliphatic carbocycles. The monoisotopic (exact) mass is 832 g/mol. The Bertz CT molecular complexity index is 1060. The van der Waals surface area contributed by atoms with E-state index < -0.39 is 18.1 Å². The van der Waals surface area contributed by atoms with Crippen LogP contribution < -0.4 is 5.11 Å². The first-order valence-corrected chi connectivity index (χ1v) is 24.5. The van der Waals surface area contributed by atoms with Crippen LogP contribution in [0.5, 0.6) is 0 Å². The Hall–Kier alpha value is -2.45. The number of likely N-dealkylation sites (N-methyl/N-ethyl adjacent to an activating group) is 1. The quantitative estimate of drug-likeness (QED) is 0.0261. The predicted molar refractivity (Wildman–Crippen MR) is 245 cm³/mol. The van der Waals surface area contributed by atoms with Crippen LogP contribution in [0.4, 0.5) is 0 Å². The van der Waals surface area contributed by atoms with E-state index in [0.29, 0.717) is 12.8 Å². The van der Waals surface area contributed by atoms with E-state index in [4.69, 9.17) is 14.2 Å². The van der Waals surface area contributed by atoms with Crippen molar-refractivity contribution in [1.29, 1.82) is 0 Å². The van der Waals surface area contributed by atoms with Crippen molar-refractivity contribution in [3.05, 3.63) is 36.5 Å². The molecule has 0 amide bonds. The van der Waals surface area contributed by atoms with Crippen LogP contribution >= 0.6 is 0 Å². The number of hydrogen-bond acceptors (Lipinski definition) is 7. The minimum absolute atomic E-state index is 0.0349. The van der Waals surface area contributed by atoms with Crippen LogP contribution in [0.2, 0.25) is 0 Å². The van der Waals surface area contributed by atoms with Crippen LogP contribution in [0, 0.1) is 0 Å². The molecule has 0 aliphatic heterocycles. The summed E-state index contributed by atoms with van der Waals surface area (Å²) in [6.07, 6.45) is 48.8. The minimum atomic E-state index is -1.13. The van der Waals surface area contributed by atoms with Gasteiger partial charge in [0.25, 0.3) is 0 Å². The zero-order chi connectivity index (χ0) is 43.5. The summed E-state index contributed by atoms with van der Waals surface area (Å²) in [4.78, 5) is 37.0. The zero-order valence-electron chi connectivity index (χ0n) is 39.2. The first-order valence-electron chi connectivity index (χ1n) is 24.5. The lowest BCUT2D eigenvalue weighted by molar-refractivity contribution is -0.889. The number of nitrogens with zero attached hydrogens (tertiary/aromatic N) is 1. The summed E-state index contributed by atoms with van der Waals surface area (Å²) >= 11 is 0. The SMILES string of the molecule is CCCCCCC/C=C/C=C/C=C/CCCCCCCC(=O)OC(COCCC(C(=O)[O-])[N+](C)(C)C)COC(=O)CCCCCCCCCCCCCCCCCCC. The molecule has 0 aliphatic rings. The Balaban J connectivity index is 4.31. The Kier molecular flexibility index (Phi) is 40.5. The molecule has 2 unspecified atom stereocenters. The molecule has 8 heteroatoms. The van der Waals surface area contributed by atoms with Crippen molar-refractivity contribution in [2.75, 3.05) is 41.0 Å². The van der Waals surface area contributed by atoms with Crippen molar-refractivity contribution in [3.8, 4) is 0 Å². The number of carboxylic acids is 1. The summed E-state index contributed by atoms with van der Waals surface area (Å²) in [5.41, 5.74) is 0. The molecule has 0 rings (SSSR count). The Morgan fingerprint density at radius 1 is 0.508 bits per heavy atom. The fourth-order valence-corrected chi connectivity index (χ4v) is 7.25. The van der Waals surface area contributed by atoms with Gasteiger partial charge in [-0.2, -0.15) is 0 Å². The van der Waals surface area contributed by atoms with Crippen molar-refractivity contribution < 1.29 is 38.2 Å². The summed E-state index contributed by atoms with van der Waals surface area (Å²) in [5, 5.41) is 11.6. The minimum Gasteiger partial charge on any atom is -0.544 e. The first-order chi connectivity index (χ1) is 28.6. The number of hydrogen-bond donors (Lipinski definition) is 0. The third kappa shape index (κ3) is 40.7. The maximum absolute atomic E-state index is 12.8. The van der Waals surface area contributed by atoms with E-state index in [2.05, 4.69) is 50.3 Å². The number of quaternary nitrogens is 1. The maximum Gasteiger partial charge on any atom is 0.306 e. The number of allylic oxidation sites excluding steroid dienone is 6. The van der Waals surface area contributed by atoms with Gasteiger partial charge in [0.2, 0.25) is 0 Å². The summed E-state index contributed by atoms with van der Waals surface area (Å²) in [5.74, 6) is -1.75. The van der Waals surface area contributed by atoms with Crippen LogP contribution in [0.1, 0.15) is 219 Å². The number of aliphatic carboxylic acids is 1. The van der Waals surface area contributed by atoms with Crippen LogP contribution in [-0.2, 0) is 28.6 Å². The molecule has 0 spiro atoms. The molecule has 0 heterocycles. The number of carbonyl (C=O) groups excluding carboxylic acids is 3. The van der Waals surface area contributed by atoms with Gasteiger partial charge in [-0.25, -0.2) is 0 Å². The van der Waals surface area contributed by atoms with Crippen LogP contribution in [0.15, 0.2) is 36.5 Å². The topological polar surface area (TPSA) is 102 Å². The molecule has 59 heavy (non-hydrogen) atoms. The zero-order valence-corrected chi connectivity index (χ0v) is 39.2. The molecule has 0 aromatic carbocycles.